The number of hydrogen-bond acceptors (Lipinski definition) is 6. The first kappa shape index (κ1) is 14.3. The molecule has 0 radical (unpaired) electrons. The summed E-state index contributed by atoms with van der Waals surface area (Å²) in [4.78, 5) is 15.0. The van der Waals surface area contributed by atoms with Crippen molar-refractivity contribution in [3.8, 4) is 11.3 Å². The molecule has 0 saturated heterocycles. The first-order chi connectivity index (χ1) is 11.7. The van der Waals surface area contributed by atoms with E-state index in [1.807, 2.05) is 29.6 Å². The zero-order chi connectivity index (χ0) is 16.5. The summed E-state index contributed by atoms with van der Waals surface area (Å²) in [6.45, 7) is 0. The van der Waals surface area contributed by atoms with Gasteiger partial charge in [0.15, 0.2) is 5.13 Å². The Balaban J connectivity index is 1.60. The zero-order valence-electron chi connectivity index (χ0n) is 12.3. The van der Waals surface area contributed by atoms with E-state index < -0.39 is 4.92 Å². The van der Waals surface area contributed by atoms with Gasteiger partial charge in [0.2, 0.25) is 0 Å². The lowest BCUT2D eigenvalue weighted by Crippen LogP contribution is -1.90. The molecule has 0 spiro atoms. The lowest BCUT2D eigenvalue weighted by molar-refractivity contribution is -0.384. The number of nitrogens with one attached hydrogen (secondary N) is 2. The number of nitro groups is 1. The Hall–Kier alpha value is -3.26. The van der Waals surface area contributed by atoms with Crippen molar-refractivity contribution in [3.05, 3.63) is 64.2 Å². The van der Waals surface area contributed by atoms with E-state index in [2.05, 4.69) is 20.5 Å². The van der Waals surface area contributed by atoms with Crippen molar-refractivity contribution in [1.29, 1.82) is 0 Å². The summed E-state index contributed by atoms with van der Waals surface area (Å²) in [6.07, 6.45) is 1.76. The summed E-state index contributed by atoms with van der Waals surface area (Å²) in [5.74, 6) is 0. The molecule has 0 unspecified atom stereocenters. The van der Waals surface area contributed by atoms with Crippen LogP contribution in [0.15, 0.2) is 54.0 Å². The molecule has 2 aromatic carbocycles. The number of non-ortho nitro benzene ring substituents is 1. The van der Waals surface area contributed by atoms with Crippen molar-refractivity contribution in [2.45, 2.75) is 0 Å². The normalized spacial score (nSPS) is 10.8. The van der Waals surface area contributed by atoms with Gasteiger partial charge in [0.25, 0.3) is 5.69 Å². The number of rotatable bonds is 4. The lowest BCUT2D eigenvalue weighted by Gasteiger charge is -2.02. The van der Waals surface area contributed by atoms with Gasteiger partial charge in [-0.1, -0.05) is 12.1 Å². The third-order valence-corrected chi connectivity index (χ3v) is 4.31. The average molecular weight is 337 g/mol. The Labute approximate surface area is 140 Å². The van der Waals surface area contributed by atoms with Gasteiger partial charge in [-0.3, -0.25) is 15.2 Å². The minimum atomic E-state index is -0.408. The Morgan fingerprint density at radius 2 is 2.12 bits per heavy atom. The van der Waals surface area contributed by atoms with Crippen molar-refractivity contribution >= 4 is 38.7 Å². The maximum Gasteiger partial charge on any atom is 0.270 e. The van der Waals surface area contributed by atoms with Crippen LogP contribution in [0.4, 0.5) is 16.5 Å². The van der Waals surface area contributed by atoms with Crippen LogP contribution >= 0.6 is 11.3 Å². The van der Waals surface area contributed by atoms with Gasteiger partial charge in [0, 0.05) is 34.1 Å². The van der Waals surface area contributed by atoms with Crippen molar-refractivity contribution in [3.63, 3.8) is 0 Å². The summed E-state index contributed by atoms with van der Waals surface area (Å²) in [5, 5.41) is 24.6. The van der Waals surface area contributed by atoms with Gasteiger partial charge in [-0.05, 0) is 18.2 Å². The molecule has 0 amide bonds. The third kappa shape index (κ3) is 2.70. The van der Waals surface area contributed by atoms with Crippen molar-refractivity contribution in [2.24, 2.45) is 0 Å². The highest BCUT2D eigenvalue weighted by molar-refractivity contribution is 7.14. The van der Waals surface area contributed by atoms with Gasteiger partial charge < -0.3 is 5.32 Å². The SMILES string of the molecule is O=[N+]([O-])c1cccc(-c2csc(Nc3ccc4[nH]ncc4c3)n2)c1. The Kier molecular flexibility index (Phi) is 3.43. The monoisotopic (exact) mass is 337 g/mol. The predicted octanol–water partition coefficient (Wildman–Crippen LogP) is 4.34. The molecule has 2 heterocycles. The van der Waals surface area contributed by atoms with E-state index in [9.17, 15) is 10.1 Å². The number of benzene rings is 2. The van der Waals surface area contributed by atoms with Crippen molar-refractivity contribution in [2.75, 3.05) is 5.32 Å². The molecule has 7 nitrogen and oxygen atoms in total. The average Bonchev–Trinajstić information content (AvgIpc) is 3.24. The van der Waals surface area contributed by atoms with Gasteiger partial charge >= 0.3 is 0 Å². The molecule has 8 heteroatoms. The highest BCUT2D eigenvalue weighted by Crippen LogP contribution is 2.29. The standard InChI is InChI=1S/C16H11N5O2S/c22-21(23)13-3-1-2-10(7-13)15-9-24-16(19-15)18-12-4-5-14-11(6-12)8-17-20-14/h1-9H,(H,17,20)(H,18,19). The van der Waals surface area contributed by atoms with Gasteiger partial charge in [-0.2, -0.15) is 5.10 Å². The van der Waals surface area contributed by atoms with E-state index in [-0.39, 0.29) is 5.69 Å². The minimum Gasteiger partial charge on any atom is -0.332 e. The molecule has 0 fully saturated rings. The molecular weight excluding hydrogens is 326 g/mol. The third-order valence-electron chi connectivity index (χ3n) is 3.55. The predicted molar refractivity (Wildman–Crippen MR) is 93.6 cm³/mol. The van der Waals surface area contributed by atoms with Crippen LogP contribution < -0.4 is 5.32 Å². The van der Waals surface area contributed by atoms with E-state index in [0.29, 0.717) is 5.69 Å². The van der Waals surface area contributed by atoms with E-state index in [1.165, 1.54) is 23.5 Å². The van der Waals surface area contributed by atoms with Gasteiger partial charge in [-0.15, -0.1) is 11.3 Å². The number of nitrogens with zero attached hydrogens (tertiary/aromatic N) is 3. The molecule has 0 atom stereocenters. The summed E-state index contributed by atoms with van der Waals surface area (Å²) in [7, 11) is 0. The number of fused-ring (bicyclic) bond motifs is 1. The fourth-order valence-corrected chi connectivity index (χ4v) is 3.13. The summed E-state index contributed by atoms with van der Waals surface area (Å²) >= 11 is 1.45. The molecule has 0 aliphatic carbocycles. The summed E-state index contributed by atoms with van der Waals surface area (Å²) in [6, 6.07) is 12.3. The number of aromatic amines is 1. The molecule has 0 aliphatic heterocycles. The Bertz CT molecular complexity index is 1040. The van der Waals surface area contributed by atoms with Crippen LogP contribution in [0.1, 0.15) is 0 Å². The molecule has 0 saturated carbocycles. The second kappa shape index (κ2) is 5.74. The molecule has 2 aromatic heterocycles. The van der Waals surface area contributed by atoms with Crippen LogP contribution in [0.2, 0.25) is 0 Å². The van der Waals surface area contributed by atoms with Crippen LogP contribution in [-0.2, 0) is 0 Å². The summed E-state index contributed by atoms with van der Waals surface area (Å²) < 4.78 is 0. The Morgan fingerprint density at radius 3 is 3.00 bits per heavy atom. The van der Waals surface area contributed by atoms with E-state index >= 15 is 0 Å². The quantitative estimate of drug-likeness (QED) is 0.426. The van der Waals surface area contributed by atoms with E-state index in [0.717, 1.165) is 27.3 Å². The molecule has 4 rings (SSSR count). The van der Waals surface area contributed by atoms with Crippen LogP contribution in [-0.4, -0.2) is 20.1 Å². The first-order valence-corrected chi connectivity index (χ1v) is 7.97. The Morgan fingerprint density at radius 1 is 1.21 bits per heavy atom. The smallest absolute Gasteiger partial charge is 0.270 e. The number of anilines is 2. The van der Waals surface area contributed by atoms with E-state index in [4.69, 9.17) is 0 Å². The molecule has 2 N–H and O–H groups in total. The van der Waals surface area contributed by atoms with E-state index in [1.54, 1.807) is 12.3 Å². The zero-order valence-corrected chi connectivity index (χ0v) is 13.1. The van der Waals surface area contributed by atoms with Crippen LogP contribution in [0, 0.1) is 10.1 Å². The topological polar surface area (TPSA) is 96.7 Å². The fraction of sp³-hybridized carbons (Fsp3) is 0. The highest BCUT2D eigenvalue weighted by Gasteiger charge is 2.10. The molecule has 0 bridgehead atoms. The van der Waals surface area contributed by atoms with Gasteiger partial charge in [-0.25, -0.2) is 4.98 Å². The number of thiazole rings is 1. The number of hydrogen-bond donors (Lipinski definition) is 2. The summed E-state index contributed by atoms with van der Waals surface area (Å²) in [5.41, 5.74) is 3.36. The second-order valence-electron chi connectivity index (χ2n) is 5.14. The number of nitro benzene ring substituents is 1. The van der Waals surface area contributed by atoms with Crippen LogP contribution in [0.25, 0.3) is 22.2 Å². The van der Waals surface area contributed by atoms with Gasteiger partial charge in [0.1, 0.15) is 0 Å². The number of H-pyrrole nitrogens is 1. The second-order valence-corrected chi connectivity index (χ2v) is 6.00. The maximum absolute atomic E-state index is 10.9. The largest absolute Gasteiger partial charge is 0.332 e. The van der Waals surface area contributed by atoms with Crippen LogP contribution in [0.5, 0.6) is 0 Å². The maximum atomic E-state index is 10.9. The molecular formula is C16H11N5O2S. The molecule has 4 aromatic rings. The highest BCUT2D eigenvalue weighted by atomic mass is 32.1. The molecule has 118 valence electrons. The molecule has 24 heavy (non-hydrogen) atoms. The van der Waals surface area contributed by atoms with Crippen molar-refractivity contribution < 1.29 is 4.92 Å². The van der Waals surface area contributed by atoms with Crippen LogP contribution in [0.3, 0.4) is 0 Å². The number of aromatic nitrogens is 3. The molecule has 0 aliphatic rings. The first-order valence-electron chi connectivity index (χ1n) is 7.09. The van der Waals surface area contributed by atoms with Crippen molar-refractivity contribution in [1.82, 2.24) is 15.2 Å². The minimum absolute atomic E-state index is 0.0559. The lowest BCUT2D eigenvalue weighted by atomic mass is 10.1. The fourth-order valence-electron chi connectivity index (χ4n) is 2.39. The van der Waals surface area contributed by atoms with Gasteiger partial charge in [0.05, 0.1) is 22.3 Å².